The molecule has 194 valence electrons. The third-order valence-electron chi connectivity index (χ3n) is 7.15. The van der Waals surface area contributed by atoms with Crippen molar-refractivity contribution < 1.29 is 19.4 Å². The maximum Gasteiger partial charge on any atom is 0.253 e. The molecule has 5 rings (SSSR count). The number of hydrogen-bond acceptors (Lipinski definition) is 7. The number of hydrogen-bond donors (Lipinski definition) is 1. The molecular weight excluding hydrogens is 470 g/mol. The topological polar surface area (TPSA) is 99.1 Å². The molecule has 0 spiro atoms. The zero-order valence-corrected chi connectivity index (χ0v) is 21.2. The van der Waals surface area contributed by atoms with Crippen molar-refractivity contribution in [2.45, 2.75) is 31.3 Å². The van der Waals surface area contributed by atoms with Gasteiger partial charge in [0, 0.05) is 51.1 Å². The number of aliphatic hydroxyl groups is 1. The number of ether oxygens (including phenoxy) is 1. The number of likely N-dealkylation sites (tertiary alicyclic amines) is 1. The van der Waals surface area contributed by atoms with Crippen LogP contribution in [0.2, 0.25) is 0 Å². The molecule has 1 atom stereocenters. The zero-order valence-electron chi connectivity index (χ0n) is 21.2. The van der Waals surface area contributed by atoms with Crippen LogP contribution in [0.1, 0.15) is 36.0 Å². The molecule has 0 radical (unpaired) electrons. The third kappa shape index (κ3) is 5.67. The maximum absolute atomic E-state index is 13.1. The molecule has 0 saturated carbocycles. The van der Waals surface area contributed by atoms with Crippen molar-refractivity contribution in [3.63, 3.8) is 0 Å². The lowest BCUT2D eigenvalue weighted by Gasteiger charge is -2.42. The van der Waals surface area contributed by atoms with E-state index in [2.05, 4.69) is 14.9 Å². The van der Waals surface area contributed by atoms with Crippen LogP contribution >= 0.6 is 0 Å². The summed E-state index contributed by atoms with van der Waals surface area (Å²) in [4.78, 5) is 39.3. The van der Waals surface area contributed by atoms with E-state index in [1.54, 1.807) is 48.6 Å². The molecule has 9 nitrogen and oxygen atoms in total. The van der Waals surface area contributed by atoms with Crippen LogP contribution in [0.5, 0.6) is 5.75 Å². The van der Waals surface area contributed by atoms with Gasteiger partial charge in [0.1, 0.15) is 17.9 Å². The van der Waals surface area contributed by atoms with Crippen LogP contribution in [-0.4, -0.2) is 88.7 Å². The first-order valence-corrected chi connectivity index (χ1v) is 12.9. The second kappa shape index (κ2) is 10.7. The normalized spacial score (nSPS) is 19.9. The average molecular weight is 504 g/mol. The average Bonchev–Trinajstić information content (AvgIpc) is 3.32. The van der Waals surface area contributed by atoms with E-state index in [0.717, 1.165) is 42.7 Å². The van der Waals surface area contributed by atoms with E-state index in [9.17, 15) is 14.7 Å². The molecule has 1 N–H and O–H groups in total. The highest BCUT2D eigenvalue weighted by Crippen LogP contribution is 2.30. The molecule has 1 aromatic carbocycles. The minimum atomic E-state index is -1.04. The number of benzene rings is 1. The second-order valence-electron chi connectivity index (χ2n) is 9.97. The van der Waals surface area contributed by atoms with Gasteiger partial charge in [-0.2, -0.15) is 0 Å². The minimum absolute atomic E-state index is 0.157. The van der Waals surface area contributed by atoms with E-state index in [1.165, 1.54) is 0 Å². The van der Waals surface area contributed by atoms with Crippen molar-refractivity contribution in [1.82, 2.24) is 19.8 Å². The van der Waals surface area contributed by atoms with Gasteiger partial charge in [-0.15, -0.1) is 0 Å². The molecule has 2 aliphatic heterocycles. The smallest absolute Gasteiger partial charge is 0.253 e. The summed E-state index contributed by atoms with van der Waals surface area (Å²) in [6.07, 6.45) is 6.47. The Balaban J connectivity index is 1.18. The van der Waals surface area contributed by atoms with Gasteiger partial charge in [-0.05, 0) is 61.7 Å². The third-order valence-corrected chi connectivity index (χ3v) is 7.15. The van der Waals surface area contributed by atoms with Gasteiger partial charge in [0.25, 0.3) is 5.91 Å². The van der Waals surface area contributed by atoms with Crippen LogP contribution in [0.25, 0.3) is 11.0 Å². The molecule has 0 bridgehead atoms. The van der Waals surface area contributed by atoms with Crippen molar-refractivity contribution in [1.29, 1.82) is 0 Å². The molecule has 9 heteroatoms. The lowest BCUT2D eigenvalue weighted by atomic mass is 9.91. The van der Waals surface area contributed by atoms with Crippen LogP contribution in [-0.2, 0) is 4.79 Å². The van der Waals surface area contributed by atoms with E-state index in [4.69, 9.17) is 4.74 Å². The number of pyridine rings is 2. The predicted molar refractivity (Wildman–Crippen MR) is 141 cm³/mol. The Hall–Kier alpha value is -3.72. The van der Waals surface area contributed by atoms with Gasteiger partial charge in [0.05, 0.1) is 29.9 Å². The highest BCUT2D eigenvalue weighted by molar-refractivity contribution is 5.94. The number of fused-ring (bicyclic) bond motifs is 1. The molecule has 0 unspecified atom stereocenters. The van der Waals surface area contributed by atoms with Crippen molar-refractivity contribution in [2.24, 2.45) is 0 Å². The fourth-order valence-corrected chi connectivity index (χ4v) is 5.31. The Kier molecular flexibility index (Phi) is 7.23. The number of carbonyl (C=O) groups excluding carboxylic acids is 2. The monoisotopic (exact) mass is 503 g/mol. The zero-order chi connectivity index (χ0) is 25.8. The Labute approximate surface area is 216 Å². The van der Waals surface area contributed by atoms with Crippen molar-refractivity contribution in [2.75, 3.05) is 51.3 Å². The van der Waals surface area contributed by atoms with Gasteiger partial charge < -0.3 is 24.5 Å². The molecule has 37 heavy (non-hydrogen) atoms. The van der Waals surface area contributed by atoms with E-state index in [0.29, 0.717) is 43.9 Å². The lowest BCUT2D eigenvalue weighted by molar-refractivity contribution is -0.128. The number of carbonyl (C=O) groups is 2. The van der Waals surface area contributed by atoms with E-state index in [1.807, 2.05) is 23.1 Å². The van der Waals surface area contributed by atoms with Crippen LogP contribution in [0.15, 0.2) is 54.9 Å². The standard InChI is InChI=1S/C28H33N5O4/c1-31(27(35)21-7-9-22(10-8-21)37-18-17-32-15-3-6-25(32)34)19-28(36)12-4-16-33(20-28)24-11-14-29-23-5-2-13-30-26(23)24/h2,5,7-11,13-14,36H,3-4,6,12,15-20H2,1H3/t28-/m0/s1. The van der Waals surface area contributed by atoms with E-state index in [-0.39, 0.29) is 18.4 Å². The number of piperidine rings is 1. The number of anilines is 1. The molecular formula is C28H33N5O4. The molecule has 0 aliphatic carbocycles. The van der Waals surface area contributed by atoms with Crippen LogP contribution in [0.4, 0.5) is 5.69 Å². The number of β-amino-alcohol motifs (C(OH)–C–C–N with tert-alkyl or cyclic N) is 1. The highest BCUT2D eigenvalue weighted by Gasteiger charge is 2.36. The SMILES string of the molecule is CN(C[C@@]1(O)CCCN(c2ccnc3cccnc23)C1)C(=O)c1ccc(OCCN2CCCC2=O)cc1. The first-order valence-electron chi connectivity index (χ1n) is 12.9. The van der Waals surface area contributed by atoms with Crippen molar-refractivity contribution in [3.8, 4) is 5.75 Å². The van der Waals surface area contributed by atoms with Gasteiger partial charge in [0.15, 0.2) is 0 Å². The number of likely N-dealkylation sites (N-methyl/N-ethyl adjacent to an activating group) is 1. The summed E-state index contributed by atoms with van der Waals surface area (Å²) in [6, 6.07) is 12.7. The second-order valence-corrected chi connectivity index (χ2v) is 9.97. The Bertz CT molecular complexity index is 1260. The largest absolute Gasteiger partial charge is 0.492 e. The predicted octanol–water partition coefficient (Wildman–Crippen LogP) is 2.73. The summed E-state index contributed by atoms with van der Waals surface area (Å²) in [5, 5.41) is 11.5. The minimum Gasteiger partial charge on any atom is -0.492 e. The molecule has 4 heterocycles. The molecule has 2 fully saturated rings. The molecule has 3 aromatic rings. The van der Waals surface area contributed by atoms with Gasteiger partial charge in [-0.1, -0.05) is 0 Å². The molecule has 2 amide bonds. The summed E-state index contributed by atoms with van der Waals surface area (Å²) in [5.41, 5.74) is 2.07. The fraction of sp³-hybridized carbons (Fsp3) is 0.429. The van der Waals surface area contributed by atoms with Gasteiger partial charge >= 0.3 is 0 Å². The summed E-state index contributed by atoms with van der Waals surface area (Å²) in [5.74, 6) is 0.683. The molecule has 2 aliphatic rings. The first kappa shape index (κ1) is 25.0. The van der Waals surface area contributed by atoms with Gasteiger partial charge in [-0.25, -0.2) is 0 Å². The van der Waals surface area contributed by atoms with Crippen LogP contribution in [0, 0.1) is 0 Å². The number of rotatable bonds is 8. The Morgan fingerprint density at radius 1 is 1.11 bits per heavy atom. The quantitative estimate of drug-likeness (QED) is 0.505. The maximum atomic E-state index is 13.1. The Morgan fingerprint density at radius 2 is 1.95 bits per heavy atom. The van der Waals surface area contributed by atoms with E-state index >= 15 is 0 Å². The molecule has 2 aromatic heterocycles. The summed E-state index contributed by atoms with van der Waals surface area (Å²) >= 11 is 0. The van der Waals surface area contributed by atoms with Crippen LogP contribution in [0.3, 0.4) is 0 Å². The van der Waals surface area contributed by atoms with Crippen molar-refractivity contribution >= 4 is 28.5 Å². The number of aromatic nitrogens is 2. The summed E-state index contributed by atoms with van der Waals surface area (Å²) in [7, 11) is 1.72. The summed E-state index contributed by atoms with van der Waals surface area (Å²) in [6.45, 7) is 3.23. The Morgan fingerprint density at radius 3 is 2.73 bits per heavy atom. The first-order chi connectivity index (χ1) is 17.9. The van der Waals surface area contributed by atoms with Crippen LogP contribution < -0.4 is 9.64 Å². The number of amides is 2. The fourth-order valence-electron chi connectivity index (χ4n) is 5.31. The van der Waals surface area contributed by atoms with Crippen molar-refractivity contribution in [3.05, 3.63) is 60.4 Å². The summed E-state index contributed by atoms with van der Waals surface area (Å²) < 4.78 is 5.76. The van der Waals surface area contributed by atoms with Gasteiger partial charge in [0.2, 0.25) is 5.91 Å². The number of nitrogens with zero attached hydrogens (tertiary/aromatic N) is 5. The van der Waals surface area contributed by atoms with E-state index < -0.39 is 5.60 Å². The highest BCUT2D eigenvalue weighted by atomic mass is 16.5. The lowest BCUT2D eigenvalue weighted by Crippen LogP contribution is -2.54. The molecule has 2 saturated heterocycles. The van der Waals surface area contributed by atoms with Gasteiger partial charge in [-0.3, -0.25) is 19.6 Å².